The molecule has 13 heavy (non-hydrogen) atoms. The zero-order chi connectivity index (χ0) is 9.31. The minimum Gasteiger partial charge on any atom is -0.259 e. The molecular formula is C10H9IN2. The predicted octanol–water partition coefficient (Wildman–Crippen LogP) is 2.63. The molecule has 0 saturated heterocycles. The summed E-state index contributed by atoms with van der Waals surface area (Å²) in [6.07, 6.45) is 4.92. The van der Waals surface area contributed by atoms with Gasteiger partial charge in [-0.25, -0.2) is 0 Å². The second kappa shape index (κ2) is 3.26. The van der Waals surface area contributed by atoms with Gasteiger partial charge in [-0.05, 0) is 54.0 Å². The van der Waals surface area contributed by atoms with E-state index in [1.807, 2.05) is 18.3 Å². The molecule has 1 aromatic heterocycles. The topological polar surface area (TPSA) is 36.7 Å². The molecule has 0 radical (unpaired) electrons. The van der Waals surface area contributed by atoms with Gasteiger partial charge in [0.15, 0.2) is 0 Å². The molecule has 1 fully saturated rings. The lowest BCUT2D eigenvalue weighted by atomic mass is 9.67. The standard InChI is InChI=1S/C10H9IN2/c11-8-2-3-9(13-6-8)10(7-12)4-1-5-10/h2-3,6H,1,4-5H2. The predicted molar refractivity (Wildman–Crippen MR) is 58.1 cm³/mol. The average Bonchev–Trinajstić information content (AvgIpc) is 2.07. The Balaban J connectivity index is 2.35. The summed E-state index contributed by atoms with van der Waals surface area (Å²) < 4.78 is 1.12. The van der Waals surface area contributed by atoms with Crippen molar-refractivity contribution < 1.29 is 0 Å². The molecule has 1 heterocycles. The minimum atomic E-state index is -0.260. The van der Waals surface area contributed by atoms with E-state index in [1.54, 1.807) is 0 Å². The van der Waals surface area contributed by atoms with Crippen LogP contribution in [-0.2, 0) is 5.41 Å². The summed E-state index contributed by atoms with van der Waals surface area (Å²) >= 11 is 2.22. The fourth-order valence-electron chi connectivity index (χ4n) is 1.61. The van der Waals surface area contributed by atoms with Crippen LogP contribution in [-0.4, -0.2) is 4.98 Å². The highest BCUT2D eigenvalue weighted by Crippen LogP contribution is 2.41. The Morgan fingerprint density at radius 2 is 2.23 bits per heavy atom. The van der Waals surface area contributed by atoms with Gasteiger partial charge < -0.3 is 0 Å². The molecule has 66 valence electrons. The Morgan fingerprint density at radius 3 is 2.62 bits per heavy atom. The van der Waals surface area contributed by atoms with Gasteiger partial charge in [-0.1, -0.05) is 0 Å². The zero-order valence-electron chi connectivity index (χ0n) is 7.13. The first-order chi connectivity index (χ1) is 6.27. The highest BCUT2D eigenvalue weighted by molar-refractivity contribution is 14.1. The van der Waals surface area contributed by atoms with E-state index in [0.29, 0.717) is 0 Å². The third kappa shape index (κ3) is 1.44. The van der Waals surface area contributed by atoms with E-state index in [9.17, 15) is 0 Å². The highest BCUT2D eigenvalue weighted by Gasteiger charge is 2.40. The molecule has 0 bridgehead atoms. The van der Waals surface area contributed by atoms with Gasteiger partial charge in [0.2, 0.25) is 0 Å². The van der Waals surface area contributed by atoms with E-state index >= 15 is 0 Å². The molecule has 0 aliphatic heterocycles. The zero-order valence-corrected chi connectivity index (χ0v) is 9.28. The smallest absolute Gasteiger partial charge is 0.0993 e. The monoisotopic (exact) mass is 284 g/mol. The normalized spacial score (nSPS) is 18.8. The Bertz CT molecular complexity index is 346. The molecule has 2 rings (SSSR count). The fourth-order valence-corrected chi connectivity index (χ4v) is 1.93. The number of halogens is 1. The van der Waals surface area contributed by atoms with Crippen LogP contribution in [0, 0.1) is 14.9 Å². The lowest BCUT2D eigenvalue weighted by Gasteiger charge is -2.34. The van der Waals surface area contributed by atoms with Crippen molar-refractivity contribution in [1.82, 2.24) is 4.98 Å². The molecule has 0 unspecified atom stereocenters. The molecule has 3 heteroatoms. The molecule has 0 N–H and O–H groups in total. The summed E-state index contributed by atoms with van der Waals surface area (Å²) in [4.78, 5) is 4.31. The van der Waals surface area contributed by atoms with Crippen molar-refractivity contribution in [3.63, 3.8) is 0 Å². The molecule has 0 amide bonds. The largest absolute Gasteiger partial charge is 0.259 e. The fraction of sp³-hybridized carbons (Fsp3) is 0.400. The first-order valence-electron chi connectivity index (χ1n) is 4.30. The van der Waals surface area contributed by atoms with E-state index in [4.69, 9.17) is 5.26 Å². The maximum Gasteiger partial charge on any atom is 0.0993 e. The SMILES string of the molecule is N#CC1(c2ccc(I)cn2)CCC1. The lowest BCUT2D eigenvalue weighted by Crippen LogP contribution is -2.33. The van der Waals surface area contributed by atoms with Crippen molar-refractivity contribution in [2.45, 2.75) is 24.7 Å². The van der Waals surface area contributed by atoms with Crippen molar-refractivity contribution in [2.75, 3.05) is 0 Å². The van der Waals surface area contributed by atoms with E-state index in [-0.39, 0.29) is 5.41 Å². The summed E-state index contributed by atoms with van der Waals surface area (Å²) in [5.74, 6) is 0. The Morgan fingerprint density at radius 1 is 1.46 bits per heavy atom. The quantitative estimate of drug-likeness (QED) is 0.743. The number of nitrogens with zero attached hydrogens (tertiary/aromatic N) is 2. The van der Waals surface area contributed by atoms with Gasteiger partial charge in [0, 0.05) is 9.77 Å². The van der Waals surface area contributed by atoms with Crippen molar-refractivity contribution in [1.29, 1.82) is 5.26 Å². The van der Waals surface area contributed by atoms with Gasteiger partial charge in [-0.3, -0.25) is 4.98 Å². The first-order valence-corrected chi connectivity index (χ1v) is 5.38. The molecule has 1 aliphatic rings. The summed E-state index contributed by atoms with van der Waals surface area (Å²) in [6, 6.07) is 6.38. The van der Waals surface area contributed by atoms with Crippen LogP contribution in [0.25, 0.3) is 0 Å². The molecular weight excluding hydrogens is 275 g/mol. The molecule has 1 aromatic rings. The van der Waals surface area contributed by atoms with Crippen LogP contribution in [0.1, 0.15) is 25.0 Å². The highest BCUT2D eigenvalue weighted by atomic mass is 127. The maximum absolute atomic E-state index is 9.07. The van der Waals surface area contributed by atoms with Gasteiger partial charge in [0.25, 0.3) is 0 Å². The Hall–Kier alpha value is -0.630. The maximum atomic E-state index is 9.07. The lowest BCUT2D eigenvalue weighted by molar-refractivity contribution is 0.316. The summed E-state index contributed by atoms with van der Waals surface area (Å²) in [5.41, 5.74) is 0.686. The van der Waals surface area contributed by atoms with Gasteiger partial charge in [-0.15, -0.1) is 0 Å². The van der Waals surface area contributed by atoms with Crippen molar-refractivity contribution in [2.24, 2.45) is 0 Å². The van der Waals surface area contributed by atoms with Crippen LogP contribution in [0.2, 0.25) is 0 Å². The number of hydrogen-bond acceptors (Lipinski definition) is 2. The van der Waals surface area contributed by atoms with Crippen molar-refractivity contribution in [3.05, 3.63) is 27.6 Å². The number of pyridine rings is 1. The Kier molecular flexibility index (Phi) is 2.24. The average molecular weight is 284 g/mol. The number of nitriles is 1. The van der Waals surface area contributed by atoms with Crippen LogP contribution >= 0.6 is 22.6 Å². The van der Waals surface area contributed by atoms with Crippen LogP contribution < -0.4 is 0 Å². The minimum absolute atomic E-state index is 0.260. The Labute approximate surface area is 91.1 Å². The van der Waals surface area contributed by atoms with Gasteiger partial charge in [0.05, 0.1) is 17.2 Å². The summed E-state index contributed by atoms with van der Waals surface area (Å²) in [7, 11) is 0. The second-order valence-electron chi connectivity index (χ2n) is 3.41. The van der Waals surface area contributed by atoms with E-state index in [0.717, 1.165) is 28.5 Å². The first kappa shape index (κ1) is 8.95. The van der Waals surface area contributed by atoms with Crippen LogP contribution in [0.15, 0.2) is 18.3 Å². The third-order valence-corrected chi connectivity index (χ3v) is 3.28. The summed E-state index contributed by atoms with van der Waals surface area (Å²) in [6.45, 7) is 0. The van der Waals surface area contributed by atoms with E-state index in [1.165, 1.54) is 0 Å². The number of hydrogen-bond donors (Lipinski definition) is 0. The van der Waals surface area contributed by atoms with E-state index in [2.05, 4.69) is 33.6 Å². The molecule has 2 nitrogen and oxygen atoms in total. The number of aromatic nitrogens is 1. The van der Waals surface area contributed by atoms with Gasteiger partial charge in [-0.2, -0.15) is 5.26 Å². The van der Waals surface area contributed by atoms with Crippen LogP contribution in [0.5, 0.6) is 0 Å². The molecule has 0 spiro atoms. The molecule has 0 atom stereocenters. The van der Waals surface area contributed by atoms with Crippen LogP contribution in [0.3, 0.4) is 0 Å². The molecule has 1 aliphatic carbocycles. The van der Waals surface area contributed by atoms with Crippen molar-refractivity contribution >= 4 is 22.6 Å². The van der Waals surface area contributed by atoms with E-state index < -0.39 is 0 Å². The third-order valence-electron chi connectivity index (χ3n) is 2.64. The molecule has 0 aromatic carbocycles. The van der Waals surface area contributed by atoms with Gasteiger partial charge in [0.1, 0.15) is 0 Å². The van der Waals surface area contributed by atoms with Crippen LogP contribution in [0.4, 0.5) is 0 Å². The van der Waals surface area contributed by atoms with Crippen molar-refractivity contribution in [3.8, 4) is 6.07 Å². The second-order valence-corrected chi connectivity index (χ2v) is 4.65. The summed E-state index contributed by atoms with van der Waals surface area (Å²) in [5, 5.41) is 9.07. The van der Waals surface area contributed by atoms with Gasteiger partial charge >= 0.3 is 0 Å². The number of rotatable bonds is 1. The molecule has 1 saturated carbocycles.